The minimum absolute atomic E-state index is 0. The fraction of sp³-hybridized carbons (Fsp3) is 0.556. The Morgan fingerprint density at radius 2 is 1.62 bits per heavy atom. The molecule has 0 aliphatic carbocycles. The zero-order chi connectivity index (χ0) is 27.8. The first-order valence-corrected chi connectivity index (χ1v) is 13.2. The molecule has 0 amide bonds. The molecule has 1 N–H and O–H groups in total. The van der Waals surface area contributed by atoms with Crippen LogP contribution >= 0.6 is 0 Å². The number of nitrogens with zero attached hydrogens (tertiary/aromatic N) is 4. The topological polar surface area (TPSA) is 120 Å². The van der Waals surface area contributed by atoms with E-state index in [2.05, 4.69) is 4.98 Å². The molecule has 0 radical (unpaired) electrons. The van der Waals surface area contributed by atoms with Crippen LogP contribution in [-0.4, -0.2) is 70.7 Å². The molecule has 218 valence electrons. The molecule has 0 spiro atoms. The number of esters is 1. The molecule has 12 nitrogen and oxygen atoms in total. The zero-order valence-electron chi connectivity index (χ0n) is 23.4. The van der Waals surface area contributed by atoms with Crippen molar-refractivity contribution in [1.29, 1.82) is 0 Å². The lowest BCUT2D eigenvalue weighted by atomic mass is 9.99. The third-order valence-electron chi connectivity index (χ3n) is 8.26. The van der Waals surface area contributed by atoms with Gasteiger partial charge in [0.15, 0.2) is 22.7 Å². The van der Waals surface area contributed by atoms with E-state index in [1.165, 1.54) is 32.9 Å². The average molecular weight is 578 g/mol. The van der Waals surface area contributed by atoms with Crippen LogP contribution in [0.2, 0.25) is 0 Å². The van der Waals surface area contributed by atoms with Gasteiger partial charge in [0.2, 0.25) is 5.75 Å². The SMILES string of the molecule is COc1cc(C(=O)OC2CC3CCC(C2)[NH+]3CCCn2cnc3c2c(=O)n(C)c(=O)n3C)cc(OC)c1OC.[Cl-]. The van der Waals surface area contributed by atoms with Crippen molar-refractivity contribution in [2.24, 2.45) is 14.1 Å². The summed E-state index contributed by atoms with van der Waals surface area (Å²) < 4.78 is 26.4. The molecule has 4 heterocycles. The third-order valence-corrected chi connectivity index (χ3v) is 8.26. The fourth-order valence-electron chi connectivity index (χ4n) is 6.32. The van der Waals surface area contributed by atoms with Gasteiger partial charge in [-0.2, -0.15) is 0 Å². The molecule has 2 aliphatic heterocycles. The van der Waals surface area contributed by atoms with Gasteiger partial charge in [0, 0.05) is 52.7 Å². The Kier molecular flexibility index (Phi) is 8.79. The third kappa shape index (κ3) is 5.17. The first-order valence-electron chi connectivity index (χ1n) is 13.2. The Labute approximate surface area is 237 Å². The fourth-order valence-corrected chi connectivity index (χ4v) is 6.32. The predicted molar refractivity (Wildman–Crippen MR) is 142 cm³/mol. The second-order valence-corrected chi connectivity index (χ2v) is 10.4. The molecule has 2 aliphatic rings. The maximum absolute atomic E-state index is 13.0. The monoisotopic (exact) mass is 577 g/mol. The molecule has 2 fully saturated rings. The highest BCUT2D eigenvalue weighted by Crippen LogP contribution is 2.38. The molecule has 0 saturated carbocycles. The summed E-state index contributed by atoms with van der Waals surface area (Å²) in [6.07, 6.45) is 6.22. The molecular weight excluding hydrogens is 542 g/mol. The second kappa shape index (κ2) is 11.9. The van der Waals surface area contributed by atoms with E-state index in [9.17, 15) is 14.4 Å². The number of halogens is 1. The maximum Gasteiger partial charge on any atom is 0.338 e. The molecule has 2 atom stereocenters. The van der Waals surface area contributed by atoms with Crippen LogP contribution in [-0.2, 0) is 25.4 Å². The van der Waals surface area contributed by atoms with Crippen LogP contribution < -0.4 is 42.8 Å². The number of methoxy groups -OCH3 is 3. The number of aryl methyl sites for hydroxylation is 2. The summed E-state index contributed by atoms with van der Waals surface area (Å²) in [6, 6.07) is 4.08. The van der Waals surface area contributed by atoms with Crippen LogP contribution in [0.1, 0.15) is 42.5 Å². The van der Waals surface area contributed by atoms with Crippen molar-refractivity contribution < 1.29 is 41.0 Å². The van der Waals surface area contributed by atoms with Crippen LogP contribution in [0.4, 0.5) is 0 Å². The first kappa shape index (κ1) is 29.5. The number of hydrogen-bond acceptors (Lipinski definition) is 8. The standard InChI is InChI=1S/C27H35N5O7.ClH/c1-29-24-22(25(33)30(2)27(29)35)31(15-28-24)9-6-10-32-17-7-8-18(32)14-19(13-17)39-26(34)16-11-20(36-3)23(38-5)21(12-16)37-4;/h11-12,15,17-19H,6-10,13-14H2,1-5H3;1H. The number of piperidine rings is 1. The number of benzene rings is 1. The van der Waals surface area contributed by atoms with Crippen LogP contribution in [0.5, 0.6) is 17.2 Å². The Morgan fingerprint density at radius 1 is 1.00 bits per heavy atom. The van der Waals surface area contributed by atoms with E-state index >= 15 is 0 Å². The summed E-state index contributed by atoms with van der Waals surface area (Å²) in [4.78, 5) is 43.8. The molecule has 40 heavy (non-hydrogen) atoms. The smallest absolute Gasteiger partial charge is 0.338 e. The summed E-state index contributed by atoms with van der Waals surface area (Å²) in [5, 5.41) is 0. The summed E-state index contributed by atoms with van der Waals surface area (Å²) in [5.74, 6) is 0.854. The second-order valence-electron chi connectivity index (χ2n) is 10.4. The van der Waals surface area contributed by atoms with Crippen LogP contribution in [0.25, 0.3) is 11.2 Å². The molecule has 1 aromatic carbocycles. The molecule has 2 saturated heterocycles. The lowest BCUT2D eigenvalue weighted by Gasteiger charge is -2.35. The van der Waals surface area contributed by atoms with E-state index in [1.807, 2.05) is 4.57 Å². The normalized spacial score (nSPS) is 21.6. The lowest BCUT2D eigenvalue weighted by molar-refractivity contribution is -0.942. The number of quaternary nitrogens is 1. The summed E-state index contributed by atoms with van der Waals surface area (Å²) in [7, 11) is 7.66. The number of nitrogens with one attached hydrogen (secondary N) is 1. The van der Waals surface area contributed by atoms with E-state index in [0.717, 1.165) is 43.2 Å². The Hall–Kier alpha value is -3.51. The number of aromatic nitrogens is 4. The van der Waals surface area contributed by atoms with Crippen molar-refractivity contribution in [1.82, 2.24) is 18.7 Å². The number of fused-ring (bicyclic) bond motifs is 3. The molecule has 3 aromatic rings. The van der Waals surface area contributed by atoms with E-state index in [1.54, 1.807) is 30.4 Å². The molecule has 13 heteroatoms. The van der Waals surface area contributed by atoms with Gasteiger partial charge in [-0.25, -0.2) is 14.6 Å². The Morgan fingerprint density at radius 3 is 2.20 bits per heavy atom. The van der Waals surface area contributed by atoms with Crippen molar-refractivity contribution in [3.8, 4) is 17.2 Å². The van der Waals surface area contributed by atoms with Crippen molar-refractivity contribution in [2.75, 3.05) is 27.9 Å². The van der Waals surface area contributed by atoms with Crippen molar-refractivity contribution in [3.05, 3.63) is 44.9 Å². The maximum atomic E-state index is 13.0. The summed E-state index contributed by atoms with van der Waals surface area (Å²) in [6.45, 7) is 1.60. The molecular formula is C27H36ClN5O7. The molecule has 2 unspecified atom stereocenters. The number of hydrogen-bond donors (Lipinski definition) is 1. The van der Waals surface area contributed by atoms with Gasteiger partial charge in [-0.3, -0.25) is 13.9 Å². The minimum atomic E-state index is -0.398. The zero-order valence-corrected chi connectivity index (χ0v) is 24.2. The number of carbonyl (C=O) groups is 1. The van der Waals surface area contributed by atoms with Crippen LogP contribution in [0, 0.1) is 0 Å². The number of imidazole rings is 1. The van der Waals surface area contributed by atoms with Gasteiger partial charge in [0.1, 0.15) is 6.10 Å². The van der Waals surface area contributed by atoms with E-state index in [0.29, 0.717) is 52.6 Å². The van der Waals surface area contributed by atoms with E-state index in [-0.39, 0.29) is 29.8 Å². The first-order chi connectivity index (χ1) is 18.8. The van der Waals surface area contributed by atoms with Gasteiger partial charge in [-0.05, 0) is 12.1 Å². The van der Waals surface area contributed by atoms with Gasteiger partial charge in [0.05, 0.1) is 51.8 Å². The van der Waals surface area contributed by atoms with E-state index in [4.69, 9.17) is 18.9 Å². The number of ether oxygens (including phenoxy) is 4. The van der Waals surface area contributed by atoms with Crippen molar-refractivity contribution in [3.63, 3.8) is 0 Å². The quantitative estimate of drug-likeness (QED) is 0.273. The predicted octanol–water partition coefficient (Wildman–Crippen LogP) is -2.71. The molecule has 2 aromatic heterocycles. The highest BCUT2D eigenvalue weighted by atomic mass is 35.5. The summed E-state index contributed by atoms with van der Waals surface area (Å²) >= 11 is 0. The number of rotatable bonds is 9. The number of carbonyl (C=O) groups excluding carboxylic acids is 1. The Balaban J connectivity index is 0.00000370. The van der Waals surface area contributed by atoms with Crippen LogP contribution in [0.15, 0.2) is 28.0 Å². The molecule has 2 bridgehead atoms. The lowest BCUT2D eigenvalue weighted by Crippen LogP contribution is -3.18. The minimum Gasteiger partial charge on any atom is -1.00 e. The van der Waals surface area contributed by atoms with Crippen molar-refractivity contribution >= 4 is 17.1 Å². The van der Waals surface area contributed by atoms with Crippen LogP contribution in [0.3, 0.4) is 0 Å². The van der Waals surface area contributed by atoms with Gasteiger partial charge in [-0.15, -0.1) is 0 Å². The highest BCUT2D eigenvalue weighted by Gasteiger charge is 2.45. The largest absolute Gasteiger partial charge is 1.00 e. The summed E-state index contributed by atoms with van der Waals surface area (Å²) in [5.41, 5.74) is 0.517. The molecule has 5 rings (SSSR count). The van der Waals surface area contributed by atoms with Gasteiger partial charge in [0.25, 0.3) is 5.56 Å². The highest BCUT2D eigenvalue weighted by molar-refractivity contribution is 5.91. The van der Waals surface area contributed by atoms with Gasteiger partial charge < -0.3 is 40.8 Å². The Bertz CT molecular complexity index is 1470. The average Bonchev–Trinajstić information content (AvgIpc) is 3.47. The van der Waals surface area contributed by atoms with Crippen molar-refractivity contribution in [2.45, 2.75) is 56.8 Å². The van der Waals surface area contributed by atoms with E-state index < -0.39 is 5.97 Å². The van der Waals surface area contributed by atoms with Gasteiger partial charge in [-0.1, -0.05) is 0 Å². The van der Waals surface area contributed by atoms with Gasteiger partial charge >= 0.3 is 11.7 Å².